The summed E-state index contributed by atoms with van der Waals surface area (Å²) in [6, 6.07) is 1.20. The number of rotatable bonds is 6. The van der Waals surface area contributed by atoms with Crippen molar-refractivity contribution in [1.82, 2.24) is 9.97 Å². The van der Waals surface area contributed by atoms with Gasteiger partial charge >= 0.3 is 18.2 Å². The van der Waals surface area contributed by atoms with Crippen LogP contribution >= 0.6 is 0 Å². The molecule has 0 radical (unpaired) electrons. The third-order valence-corrected chi connectivity index (χ3v) is 2.07. The minimum atomic E-state index is -4.64. The van der Waals surface area contributed by atoms with Gasteiger partial charge in [-0.25, -0.2) is 4.79 Å². The van der Waals surface area contributed by atoms with Gasteiger partial charge in [0, 0.05) is 18.2 Å². The second-order valence-corrected chi connectivity index (χ2v) is 3.83. The Bertz CT molecular complexity index is 582. The first-order valence-corrected chi connectivity index (χ1v) is 5.93. The molecule has 0 aliphatic heterocycles. The molecular formula is C12H12F3N3O5. The number of carbonyl (C=O) groups excluding carboxylic acids is 2. The van der Waals surface area contributed by atoms with Crippen molar-refractivity contribution in [3.8, 4) is 11.9 Å². The van der Waals surface area contributed by atoms with Crippen molar-refractivity contribution in [3.63, 3.8) is 0 Å². The van der Waals surface area contributed by atoms with Crippen LogP contribution in [0.25, 0.3) is 0 Å². The number of hydrogen-bond donors (Lipinski definition) is 1. The summed E-state index contributed by atoms with van der Waals surface area (Å²) in [6.45, 7) is -1.74. The molecule has 1 rings (SSSR count). The summed E-state index contributed by atoms with van der Waals surface area (Å²) in [5, 5.41) is 2.25. The molecule has 0 unspecified atom stereocenters. The minimum Gasteiger partial charge on any atom is -0.481 e. The zero-order valence-electron chi connectivity index (χ0n) is 12.0. The van der Waals surface area contributed by atoms with Gasteiger partial charge < -0.3 is 19.5 Å². The molecule has 0 bridgehead atoms. The Hall–Kier alpha value is -2.85. The van der Waals surface area contributed by atoms with Crippen molar-refractivity contribution in [3.05, 3.63) is 18.2 Å². The molecular weight excluding hydrogens is 323 g/mol. The van der Waals surface area contributed by atoms with Gasteiger partial charge in [0.2, 0.25) is 11.8 Å². The summed E-state index contributed by atoms with van der Waals surface area (Å²) < 4.78 is 49.0. The number of carbonyl (C=O) groups is 2. The average molecular weight is 335 g/mol. The maximum atomic E-state index is 11.8. The Balaban J connectivity index is 2.62. The van der Waals surface area contributed by atoms with Crippen molar-refractivity contribution in [2.24, 2.45) is 0 Å². The predicted molar refractivity (Wildman–Crippen MR) is 69.9 cm³/mol. The van der Waals surface area contributed by atoms with Crippen LogP contribution < -0.4 is 14.8 Å². The normalized spacial score (nSPS) is 11.2. The number of methoxy groups -OCH3 is 2. The summed E-state index contributed by atoms with van der Waals surface area (Å²) in [5.74, 6) is -2.01. The first-order valence-electron chi connectivity index (χ1n) is 5.93. The maximum Gasteiger partial charge on any atom is 0.422 e. The fourth-order valence-electron chi connectivity index (χ4n) is 1.18. The topological polar surface area (TPSA) is 99.6 Å². The molecule has 0 fully saturated rings. The number of amides is 1. The Morgan fingerprint density at radius 3 is 2.48 bits per heavy atom. The van der Waals surface area contributed by atoms with E-state index in [2.05, 4.69) is 20.0 Å². The van der Waals surface area contributed by atoms with Crippen molar-refractivity contribution in [2.45, 2.75) is 6.18 Å². The van der Waals surface area contributed by atoms with Crippen molar-refractivity contribution in [1.29, 1.82) is 0 Å². The quantitative estimate of drug-likeness (QED) is 0.613. The molecule has 0 saturated carbocycles. The molecule has 0 atom stereocenters. The molecule has 11 heteroatoms. The molecule has 0 spiro atoms. The second kappa shape index (κ2) is 7.96. The molecule has 0 aromatic carbocycles. The molecule has 0 aliphatic carbocycles. The van der Waals surface area contributed by atoms with Gasteiger partial charge in [0.15, 0.2) is 6.61 Å². The maximum absolute atomic E-state index is 11.8. The third kappa shape index (κ3) is 7.11. The van der Waals surface area contributed by atoms with E-state index in [-0.39, 0.29) is 17.7 Å². The molecule has 8 nitrogen and oxygen atoms in total. The Kier molecular flexibility index (Phi) is 6.30. The van der Waals surface area contributed by atoms with E-state index in [0.29, 0.717) is 12.2 Å². The zero-order chi connectivity index (χ0) is 17.5. The van der Waals surface area contributed by atoms with Crippen LogP contribution in [0.15, 0.2) is 18.2 Å². The van der Waals surface area contributed by atoms with Crippen LogP contribution in [0.4, 0.5) is 19.0 Å². The standard InChI is InChI=1S/C12H12F3N3O5/c1-21-9-5-7(17-11(18-9)22-2)16-8(19)3-4-10(20)23-6-12(13,14)15/h3-5H,6H2,1-2H3,(H,16,17,18,19)/b4-3+. The number of nitrogens with zero attached hydrogens (tertiary/aromatic N) is 2. The highest BCUT2D eigenvalue weighted by molar-refractivity contribution is 6.02. The van der Waals surface area contributed by atoms with Gasteiger partial charge in [0.25, 0.3) is 0 Å². The molecule has 0 saturated heterocycles. The number of halogens is 3. The molecule has 126 valence electrons. The SMILES string of the molecule is COc1cc(NC(=O)/C=C/C(=O)OCC(F)(F)F)nc(OC)n1. The first kappa shape index (κ1) is 18.2. The van der Waals surface area contributed by atoms with E-state index >= 15 is 0 Å². The summed E-state index contributed by atoms with van der Waals surface area (Å²) in [6.07, 6.45) is -3.39. The van der Waals surface area contributed by atoms with Crippen LogP contribution in [-0.2, 0) is 14.3 Å². The van der Waals surface area contributed by atoms with Crippen LogP contribution in [0.5, 0.6) is 11.9 Å². The van der Waals surface area contributed by atoms with Crippen molar-refractivity contribution < 1.29 is 37.0 Å². The fraction of sp³-hybridized carbons (Fsp3) is 0.333. The van der Waals surface area contributed by atoms with Gasteiger partial charge in [0.1, 0.15) is 5.82 Å². The van der Waals surface area contributed by atoms with Gasteiger partial charge in [-0.05, 0) is 0 Å². The third-order valence-electron chi connectivity index (χ3n) is 2.07. The summed E-state index contributed by atoms with van der Waals surface area (Å²) >= 11 is 0. The molecule has 1 N–H and O–H groups in total. The number of nitrogens with one attached hydrogen (secondary N) is 1. The van der Waals surface area contributed by atoms with E-state index in [9.17, 15) is 22.8 Å². The van der Waals surface area contributed by atoms with Crippen LogP contribution in [0.1, 0.15) is 0 Å². The van der Waals surface area contributed by atoms with E-state index in [1.54, 1.807) is 0 Å². The van der Waals surface area contributed by atoms with E-state index in [1.165, 1.54) is 20.3 Å². The van der Waals surface area contributed by atoms with E-state index in [1.807, 2.05) is 0 Å². The van der Waals surface area contributed by atoms with Gasteiger partial charge in [-0.15, -0.1) is 0 Å². The van der Waals surface area contributed by atoms with E-state index in [0.717, 1.165) is 0 Å². The van der Waals surface area contributed by atoms with Crippen LogP contribution in [-0.4, -0.2) is 48.8 Å². The number of esters is 1. The number of aromatic nitrogens is 2. The lowest BCUT2D eigenvalue weighted by Gasteiger charge is -2.06. The number of alkyl halides is 3. The molecule has 1 aromatic rings. The van der Waals surface area contributed by atoms with Gasteiger partial charge in [0.05, 0.1) is 14.2 Å². The van der Waals surface area contributed by atoms with Crippen molar-refractivity contribution >= 4 is 17.7 Å². The highest BCUT2D eigenvalue weighted by Gasteiger charge is 2.29. The van der Waals surface area contributed by atoms with Crippen molar-refractivity contribution in [2.75, 3.05) is 26.1 Å². The summed E-state index contributed by atoms with van der Waals surface area (Å²) in [5.41, 5.74) is 0. The van der Waals surface area contributed by atoms with Crippen LogP contribution in [0.3, 0.4) is 0 Å². The predicted octanol–water partition coefficient (Wildman–Crippen LogP) is 1.09. The van der Waals surface area contributed by atoms with Crippen LogP contribution in [0.2, 0.25) is 0 Å². The van der Waals surface area contributed by atoms with Gasteiger partial charge in [-0.3, -0.25) is 4.79 Å². The lowest BCUT2D eigenvalue weighted by atomic mass is 10.4. The molecule has 1 amide bonds. The Morgan fingerprint density at radius 2 is 1.91 bits per heavy atom. The number of ether oxygens (including phenoxy) is 3. The monoisotopic (exact) mass is 335 g/mol. The smallest absolute Gasteiger partial charge is 0.422 e. The summed E-state index contributed by atoms with van der Waals surface area (Å²) in [4.78, 5) is 30.1. The molecule has 1 aromatic heterocycles. The lowest BCUT2D eigenvalue weighted by Crippen LogP contribution is -2.19. The van der Waals surface area contributed by atoms with E-state index in [4.69, 9.17) is 9.47 Å². The summed E-state index contributed by atoms with van der Waals surface area (Å²) in [7, 11) is 2.64. The first-order chi connectivity index (χ1) is 10.7. The van der Waals surface area contributed by atoms with Gasteiger partial charge in [-0.1, -0.05) is 0 Å². The molecule has 23 heavy (non-hydrogen) atoms. The largest absolute Gasteiger partial charge is 0.481 e. The Labute approximate surface area is 128 Å². The second-order valence-electron chi connectivity index (χ2n) is 3.83. The fourth-order valence-corrected chi connectivity index (χ4v) is 1.18. The minimum absolute atomic E-state index is 0.00649. The van der Waals surface area contributed by atoms with E-state index < -0.39 is 24.7 Å². The lowest BCUT2D eigenvalue weighted by molar-refractivity contribution is -0.182. The zero-order valence-corrected chi connectivity index (χ0v) is 12.0. The molecule has 1 heterocycles. The average Bonchev–Trinajstić information content (AvgIpc) is 2.49. The number of hydrogen-bond acceptors (Lipinski definition) is 7. The van der Waals surface area contributed by atoms with Gasteiger partial charge in [-0.2, -0.15) is 23.1 Å². The highest BCUT2D eigenvalue weighted by Crippen LogP contribution is 2.17. The molecule has 0 aliphatic rings. The number of anilines is 1. The highest BCUT2D eigenvalue weighted by atomic mass is 19.4. The van der Waals surface area contributed by atoms with Crippen LogP contribution in [0, 0.1) is 0 Å². The Morgan fingerprint density at radius 1 is 1.22 bits per heavy atom.